The Morgan fingerprint density at radius 3 is 3.00 bits per heavy atom. The minimum absolute atomic E-state index is 0.121. The highest BCUT2D eigenvalue weighted by Crippen LogP contribution is 2.35. The van der Waals surface area contributed by atoms with E-state index in [1.54, 1.807) is 36.4 Å². The van der Waals surface area contributed by atoms with E-state index in [1.165, 1.54) is 0 Å². The predicted octanol–water partition coefficient (Wildman–Crippen LogP) is 2.02. The zero-order valence-corrected chi connectivity index (χ0v) is 12.5. The first-order valence-electron chi connectivity index (χ1n) is 6.93. The molecule has 3 rings (SSSR count). The van der Waals surface area contributed by atoms with Crippen molar-refractivity contribution in [3.05, 3.63) is 58.4 Å². The standard InChI is InChI=1S/C16H15ClN2O3/c17-10-4-5-15-13(6-10)14(9-22-15)16(21)18-7-11-2-1-3-12(8-20)19-11/h1-6,14,20H,7-9H2,(H,18,21). The Kier molecular flexibility index (Phi) is 4.27. The first-order valence-corrected chi connectivity index (χ1v) is 7.31. The number of benzene rings is 1. The Hall–Kier alpha value is -2.11. The van der Waals surface area contributed by atoms with Gasteiger partial charge in [-0.3, -0.25) is 9.78 Å². The average molecular weight is 319 g/mol. The molecule has 0 spiro atoms. The highest BCUT2D eigenvalue weighted by Gasteiger charge is 2.30. The molecule has 2 N–H and O–H groups in total. The molecule has 1 amide bonds. The number of ether oxygens (including phenoxy) is 1. The Morgan fingerprint density at radius 1 is 1.36 bits per heavy atom. The normalized spacial score (nSPS) is 16.0. The highest BCUT2D eigenvalue weighted by atomic mass is 35.5. The Bertz CT molecular complexity index is 706. The molecule has 6 heteroatoms. The van der Waals surface area contributed by atoms with Crippen LogP contribution >= 0.6 is 11.6 Å². The van der Waals surface area contributed by atoms with Crippen molar-refractivity contribution in [1.82, 2.24) is 10.3 Å². The van der Waals surface area contributed by atoms with Gasteiger partial charge in [0.1, 0.15) is 18.3 Å². The van der Waals surface area contributed by atoms with Crippen molar-refractivity contribution in [1.29, 1.82) is 0 Å². The van der Waals surface area contributed by atoms with Gasteiger partial charge >= 0.3 is 0 Å². The molecule has 22 heavy (non-hydrogen) atoms. The predicted molar refractivity (Wildman–Crippen MR) is 81.7 cm³/mol. The second-order valence-electron chi connectivity index (χ2n) is 5.04. The molecule has 0 radical (unpaired) electrons. The summed E-state index contributed by atoms with van der Waals surface area (Å²) in [5.41, 5.74) is 2.08. The van der Waals surface area contributed by atoms with E-state index in [0.29, 0.717) is 35.3 Å². The number of aliphatic hydroxyl groups is 1. The van der Waals surface area contributed by atoms with Crippen molar-refractivity contribution < 1.29 is 14.6 Å². The number of hydrogen-bond acceptors (Lipinski definition) is 4. The molecule has 5 nitrogen and oxygen atoms in total. The summed E-state index contributed by atoms with van der Waals surface area (Å²) in [7, 11) is 0. The fourth-order valence-electron chi connectivity index (χ4n) is 2.42. The van der Waals surface area contributed by atoms with Gasteiger partial charge in [0.05, 0.1) is 24.5 Å². The minimum atomic E-state index is -0.366. The summed E-state index contributed by atoms with van der Waals surface area (Å²) in [6.07, 6.45) is 0. The molecule has 1 unspecified atom stereocenters. The summed E-state index contributed by atoms with van der Waals surface area (Å²) in [5, 5.41) is 12.5. The lowest BCUT2D eigenvalue weighted by atomic mass is 10.0. The van der Waals surface area contributed by atoms with Crippen LogP contribution in [0.25, 0.3) is 0 Å². The van der Waals surface area contributed by atoms with Gasteiger partial charge in [0.15, 0.2) is 0 Å². The van der Waals surface area contributed by atoms with E-state index in [2.05, 4.69) is 10.3 Å². The van der Waals surface area contributed by atoms with Crippen LogP contribution in [0.4, 0.5) is 0 Å². The number of fused-ring (bicyclic) bond motifs is 1. The van der Waals surface area contributed by atoms with Crippen LogP contribution in [0.15, 0.2) is 36.4 Å². The number of pyridine rings is 1. The first kappa shape index (κ1) is 14.8. The number of halogens is 1. The van der Waals surface area contributed by atoms with E-state index in [9.17, 15) is 4.79 Å². The maximum atomic E-state index is 12.3. The Labute approximate surface area is 132 Å². The SMILES string of the molecule is O=C(NCc1cccc(CO)n1)C1COc2ccc(Cl)cc21. The highest BCUT2D eigenvalue weighted by molar-refractivity contribution is 6.30. The zero-order chi connectivity index (χ0) is 15.5. The van der Waals surface area contributed by atoms with Crippen molar-refractivity contribution in [2.45, 2.75) is 19.1 Å². The van der Waals surface area contributed by atoms with Gasteiger partial charge in [-0.1, -0.05) is 17.7 Å². The molecule has 2 heterocycles. The molecule has 0 saturated carbocycles. The van der Waals surface area contributed by atoms with Crippen LogP contribution in [0, 0.1) is 0 Å². The van der Waals surface area contributed by atoms with Crippen LogP contribution in [0.3, 0.4) is 0 Å². The van der Waals surface area contributed by atoms with Crippen LogP contribution in [0.2, 0.25) is 5.02 Å². The second-order valence-corrected chi connectivity index (χ2v) is 5.48. The number of carbonyl (C=O) groups excluding carboxylic acids is 1. The van der Waals surface area contributed by atoms with Gasteiger partial charge in [-0.05, 0) is 30.3 Å². The van der Waals surface area contributed by atoms with Crippen LogP contribution in [-0.4, -0.2) is 22.6 Å². The number of aliphatic hydroxyl groups excluding tert-OH is 1. The third kappa shape index (κ3) is 3.05. The number of nitrogens with zero attached hydrogens (tertiary/aromatic N) is 1. The molecule has 0 saturated heterocycles. The molecular formula is C16H15ClN2O3. The fraction of sp³-hybridized carbons (Fsp3) is 0.250. The summed E-state index contributed by atoms with van der Waals surface area (Å²) in [6.45, 7) is 0.495. The van der Waals surface area contributed by atoms with E-state index in [4.69, 9.17) is 21.4 Å². The molecule has 2 aromatic rings. The molecule has 0 fully saturated rings. The maximum absolute atomic E-state index is 12.3. The van der Waals surface area contributed by atoms with E-state index in [1.807, 2.05) is 0 Å². The molecule has 1 aromatic heterocycles. The van der Waals surface area contributed by atoms with Crippen molar-refractivity contribution in [2.24, 2.45) is 0 Å². The maximum Gasteiger partial charge on any atom is 0.231 e. The third-order valence-electron chi connectivity index (χ3n) is 3.54. The van der Waals surface area contributed by atoms with E-state index < -0.39 is 0 Å². The van der Waals surface area contributed by atoms with Gasteiger partial charge in [-0.2, -0.15) is 0 Å². The molecule has 114 valence electrons. The molecule has 1 aliphatic heterocycles. The Balaban J connectivity index is 1.67. The van der Waals surface area contributed by atoms with E-state index in [0.717, 1.165) is 5.56 Å². The van der Waals surface area contributed by atoms with Gasteiger partial charge in [0.25, 0.3) is 0 Å². The molecule has 1 aromatic carbocycles. The quantitative estimate of drug-likeness (QED) is 0.904. The number of aromatic nitrogens is 1. The number of amides is 1. The lowest BCUT2D eigenvalue weighted by molar-refractivity contribution is -0.122. The molecule has 1 aliphatic rings. The number of hydrogen-bond donors (Lipinski definition) is 2. The van der Waals surface area contributed by atoms with Gasteiger partial charge in [0.2, 0.25) is 5.91 Å². The summed E-state index contributed by atoms with van der Waals surface area (Å²) in [4.78, 5) is 16.6. The number of carbonyl (C=O) groups is 1. The minimum Gasteiger partial charge on any atom is -0.492 e. The third-order valence-corrected chi connectivity index (χ3v) is 3.77. The lowest BCUT2D eigenvalue weighted by Gasteiger charge is -2.10. The summed E-state index contributed by atoms with van der Waals surface area (Å²) < 4.78 is 5.51. The van der Waals surface area contributed by atoms with Gasteiger partial charge in [-0.25, -0.2) is 0 Å². The average Bonchev–Trinajstić information content (AvgIpc) is 2.96. The Morgan fingerprint density at radius 2 is 2.18 bits per heavy atom. The van der Waals surface area contributed by atoms with Gasteiger partial charge in [-0.15, -0.1) is 0 Å². The number of nitrogens with one attached hydrogen (secondary N) is 1. The van der Waals surface area contributed by atoms with E-state index in [-0.39, 0.29) is 18.4 Å². The van der Waals surface area contributed by atoms with Crippen molar-refractivity contribution in [3.63, 3.8) is 0 Å². The fourth-order valence-corrected chi connectivity index (χ4v) is 2.60. The zero-order valence-electron chi connectivity index (χ0n) is 11.8. The molecule has 0 aliphatic carbocycles. The van der Waals surface area contributed by atoms with E-state index >= 15 is 0 Å². The molecule has 0 bridgehead atoms. The topological polar surface area (TPSA) is 71.5 Å². The van der Waals surface area contributed by atoms with Gasteiger partial charge < -0.3 is 15.2 Å². The second kappa shape index (κ2) is 6.34. The van der Waals surface area contributed by atoms with Crippen LogP contribution < -0.4 is 10.1 Å². The van der Waals surface area contributed by atoms with Crippen molar-refractivity contribution >= 4 is 17.5 Å². The number of rotatable bonds is 4. The van der Waals surface area contributed by atoms with Crippen LogP contribution in [0.5, 0.6) is 5.75 Å². The first-order chi connectivity index (χ1) is 10.7. The van der Waals surface area contributed by atoms with Crippen LogP contribution in [0.1, 0.15) is 22.9 Å². The van der Waals surface area contributed by atoms with Crippen molar-refractivity contribution in [3.8, 4) is 5.75 Å². The summed E-state index contributed by atoms with van der Waals surface area (Å²) in [6, 6.07) is 10.6. The van der Waals surface area contributed by atoms with Crippen molar-refractivity contribution in [2.75, 3.05) is 6.61 Å². The summed E-state index contributed by atoms with van der Waals surface area (Å²) in [5.74, 6) is 0.205. The summed E-state index contributed by atoms with van der Waals surface area (Å²) >= 11 is 5.98. The monoisotopic (exact) mass is 318 g/mol. The molecule has 1 atom stereocenters. The lowest BCUT2D eigenvalue weighted by Crippen LogP contribution is -2.30. The van der Waals surface area contributed by atoms with Gasteiger partial charge in [0, 0.05) is 10.6 Å². The molecular weight excluding hydrogens is 304 g/mol. The largest absolute Gasteiger partial charge is 0.492 e. The smallest absolute Gasteiger partial charge is 0.231 e. The van der Waals surface area contributed by atoms with Crippen LogP contribution in [-0.2, 0) is 17.9 Å².